The van der Waals surface area contributed by atoms with Gasteiger partial charge in [-0.2, -0.15) is 0 Å². The van der Waals surface area contributed by atoms with Crippen molar-refractivity contribution >= 4 is 24.5 Å². The maximum Gasteiger partial charge on any atom is 0.334 e. The first-order valence-corrected chi connectivity index (χ1v) is 5.56. The number of aliphatic hydroxyl groups is 1. The fourth-order valence-corrected chi connectivity index (χ4v) is 1.04. The number of hydrogen-bond donors (Lipinski definition) is 1. The van der Waals surface area contributed by atoms with Crippen LogP contribution in [0.5, 0.6) is 0 Å². The maximum atomic E-state index is 13.5. The van der Waals surface area contributed by atoms with Crippen molar-refractivity contribution < 1.29 is 14.2 Å². The standard InChI is InChI=1S/C11H15BClFNO2/c1-10(2,16)11(3,4)17-12-7-5-6-15-9(13)8(7)14/h5-6,16H,1-4H3. The first kappa shape index (κ1) is 14.4. The number of halogens is 2. The molecule has 0 aliphatic heterocycles. The third kappa shape index (κ3) is 3.41. The molecule has 6 heteroatoms. The van der Waals surface area contributed by atoms with Gasteiger partial charge in [-0.15, -0.1) is 0 Å². The molecule has 17 heavy (non-hydrogen) atoms. The fraction of sp³-hybridized carbons (Fsp3) is 0.545. The van der Waals surface area contributed by atoms with E-state index in [0.717, 1.165) is 0 Å². The average Bonchev–Trinajstić information content (AvgIpc) is 2.18. The molecule has 0 amide bonds. The fourth-order valence-electron chi connectivity index (χ4n) is 0.878. The molecule has 0 atom stereocenters. The summed E-state index contributed by atoms with van der Waals surface area (Å²) in [5.74, 6) is -0.638. The summed E-state index contributed by atoms with van der Waals surface area (Å²) in [6.07, 6.45) is 1.39. The Morgan fingerprint density at radius 3 is 2.53 bits per heavy atom. The summed E-state index contributed by atoms with van der Waals surface area (Å²) in [5.41, 5.74) is -1.71. The normalized spacial score (nSPS) is 12.6. The topological polar surface area (TPSA) is 42.4 Å². The Bertz CT molecular complexity index is 407. The highest BCUT2D eigenvalue weighted by Gasteiger charge is 2.36. The van der Waals surface area contributed by atoms with Crippen LogP contribution in [0.15, 0.2) is 12.3 Å². The SMILES string of the molecule is CC(C)(O)C(C)(C)O[B]c1ccnc(Cl)c1F. The molecule has 93 valence electrons. The molecule has 1 N–H and O–H groups in total. The highest BCUT2D eigenvalue weighted by molar-refractivity contribution is 6.48. The van der Waals surface area contributed by atoms with Crippen molar-refractivity contribution in [2.24, 2.45) is 0 Å². The highest BCUT2D eigenvalue weighted by Crippen LogP contribution is 2.24. The van der Waals surface area contributed by atoms with E-state index in [-0.39, 0.29) is 10.6 Å². The van der Waals surface area contributed by atoms with Crippen LogP contribution in [0.25, 0.3) is 0 Å². The van der Waals surface area contributed by atoms with E-state index < -0.39 is 17.0 Å². The molecule has 1 aromatic heterocycles. The van der Waals surface area contributed by atoms with Crippen LogP contribution in [0.2, 0.25) is 5.15 Å². The molecule has 0 aromatic carbocycles. The molecule has 0 fully saturated rings. The van der Waals surface area contributed by atoms with Gasteiger partial charge in [0.05, 0.1) is 11.2 Å². The summed E-state index contributed by atoms with van der Waals surface area (Å²) in [6, 6.07) is 1.45. The smallest absolute Gasteiger partial charge is 0.334 e. The first-order chi connectivity index (χ1) is 7.65. The average molecular weight is 259 g/mol. The van der Waals surface area contributed by atoms with Crippen molar-refractivity contribution in [2.75, 3.05) is 0 Å². The molecule has 0 aliphatic carbocycles. The van der Waals surface area contributed by atoms with Crippen LogP contribution in [-0.4, -0.2) is 28.8 Å². The zero-order valence-electron chi connectivity index (χ0n) is 10.3. The van der Waals surface area contributed by atoms with Gasteiger partial charge in [-0.25, -0.2) is 9.37 Å². The Morgan fingerprint density at radius 1 is 1.41 bits per heavy atom. The van der Waals surface area contributed by atoms with E-state index >= 15 is 0 Å². The van der Waals surface area contributed by atoms with Crippen molar-refractivity contribution in [3.63, 3.8) is 0 Å². The summed E-state index contributed by atoms with van der Waals surface area (Å²) in [6.45, 7) is 6.67. The van der Waals surface area contributed by atoms with Gasteiger partial charge >= 0.3 is 7.48 Å². The van der Waals surface area contributed by atoms with Gasteiger partial charge in [-0.1, -0.05) is 11.6 Å². The Balaban J connectivity index is 2.78. The van der Waals surface area contributed by atoms with Gasteiger partial charge in [0.2, 0.25) is 0 Å². The summed E-state index contributed by atoms with van der Waals surface area (Å²) in [7, 11) is 1.24. The van der Waals surface area contributed by atoms with Crippen molar-refractivity contribution in [1.29, 1.82) is 0 Å². The zero-order chi connectivity index (χ0) is 13.3. The van der Waals surface area contributed by atoms with Gasteiger partial charge < -0.3 is 9.76 Å². The van der Waals surface area contributed by atoms with Crippen molar-refractivity contribution in [1.82, 2.24) is 4.98 Å². The number of rotatable bonds is 4. The van der Waals surface area contributed by atoms with Crippen molar-refractivity contribution in [3.05, 3.63) is 23.2 Å². The first-order valence-electron chi connectivity index (χ1n) is 5.18. The second-order valence-electron chi connectivity index (χ2n) is 4.81. The largest absolute Gasteiger partial charge is 0.427 e. The molecule has 1 radical (unpaired) electrons. The van der Waals surface area contributed by atoms with Gasteiger partial charge in [0.1, 0.15) is 0 Å². The summed E-state index contributed by atoms with van der Waals surface area (Å²) < 4.78 is 18.9. The molecular formula is C11H15BClFNO2. The van der Waals surface area contributed by atoms with Crippen LogP contribution in [-0.2, 0) is 4.65 Å². The van der Waals surface area contributed by atoms with Crippen LogP contribution >= 0.6 is 11.6 Å². The molecule has 0 bridgehead atoms. The van der Waals surface area contributed by atoms with E-state index in [2.05, 4.69) is 4.98 Å². The lowest BCUT2D eigenvalue weighted by atomic mass is 9.83. The van der Waals surface area contributed by atoms with E-state index in [0.29, 0.717) is 0 Å². The molecule has 3 nitrogen and oxygen atoms in total. The molecule has 0 spiro atoms. The number of nitrogens with zero attached hydrogens (tertiary/aromatic N) is 1. The molecule has 0 saturated carbocycles. The summed E-state index contributed by atoms with van der Waals surface area (Å²) in [5, 5.41) is 9.66. The Labute approximate surface area is 106 Å². The highest BCUT2D eigenvalue weighted by atomic mass is 35.5. The lowest BCUT2D eigenvalue weighted by molar-refractivity contribution is -0.0893. The van der Waals surface area contributed by atoms with E-state index in [1.54, 1.807) is 27.7 Å². The molecule has 0 unspecified atom stereocenters. The van der Waals surface area contributed by atoms with Crippen LogP contribution in [0.4, 0.5) is 4.39 Å². The van der Waals surface area contributed by atoms with Gasteiger partial charge in [-0.05, 0) is 39.2 Å². The van der Waals surface area contributed by atoms with Crippen molar-refractivity contribution in [2.45, 2.75) is 38.9 Å². The van der Waals surface area contributed by atoms with Crippen LogP contribution in [0.1, 0.15) is 27.7 Å². The van der Waals surface area contributed by atoms with Crippen LogP contribution < -0.4 is 5.46 Å². The quantitative estimate of drug-likeness (QED) is 0.660. The predicted molar refractivity (Wildman–Crippen MR) is 66.1 cm³/mol. The third-order valence-electron chi connectivity index (χ3n) is 2.83. The van der Waals surface area contributed by atoms with Crippen LogP contribution in [0.3, 0.4) is 0 Å². The number of aromatic nitrogens is 1. The molecule has 0 saturated heterocycles. The second kappa shape index (κ2) is 4.92. The van der Waals surface area contributed by atoms with Gasteiger partial charge in [0, 0.05) is 6.20 Å². The Kier molecular flexibility index (Phi) is 4.17. The minimum absolute atomic E-state index is 0.197. The Hall–Kier alpha value is -0.645. The lowest BCUT2D eigenvalue weighted by Gasteiger charge is -2.37. The van der Waals surface area contributed by atoms with E-state index in [4.69, 9.17) is 16.3 Å². The number of pyridine rings is 1. The molecular weight excluding hydrogens is 243 g/mol. The monoisotopic (exact) mass is 258 g/mol. The van der Waals surface area contributed by atoms with Crippen molar-refractivity contribution in [3.8, 4) is 0 Å². The lowest BCUT2D eigenvalue weighted by Crippen LogP contribution is -2.49. The van der Waals surface area contributed by atoms with E-state index in [1.165, 1.54) is 19.7 Å². The van der Waals surface area contributed by atoms with Gasteiger partial charge in [-0.3, -0.25) is 0 Å². The van der Waals surface area contributed by atoms with E-state index in [9.17, 15) is 9.50 Å². The molecule has 1 aromatic rings. The predicted octanol–water partition coefficient (Wildman–Crippen LogP) is 1.68. The molecule has 0 aliphatic rings. The summed E-state index contributed by atoms with van der Waals surface area (Å²) >= 11 is 5.54. The maximum absolute atomic E-state index is 13.5. The van der Waals surface area contributed by atoms with Gasteiger partial charge in [0.25, 0.3) is 0 Å². The van der Waals surface area contributed by atoms with Gasteiger partial charge in [0.15, 0.2) is 11.0 Å². The third-order valence-corrected chi connectivity index (χ3v) is 3.09. The van der Waals surface area contributed by atoms with Crippen LogP contribution in [0, 0.1) is 5.82 Å². The zero-order valence-corrected chi connectivity index (χ0v) is 11.0. The Morgan fingerprint density at radius 2 is 2.00 bits per heavy atom. The minimum Gasteiger partial charge on any atom is -0.427 e. The van der Waals surface area contributed by atoms with E-state index in [1.807, 2.05) is 0 Å². The summed E-state index contributed by atoms with van der Waals surface area (Å²) in [4.78, 5) is 3.60. The minimum atomic E-state index is -1.06. The second-order valence-corrected chi connectivity index (χ2v) is 5.17. The molecule has 1 heterocycles. The molecule has 1 rings (SSSR count). The number of hydrogen-bond acceptors (Lipinski definition) is 3.